The average molecular weight is 378 g/mol. The second kappa shape index (κ2) is 8.15. The molecule has 0 aromatic heterocycles. The van der Waals surface area contributed by atoms with Crippen molar-refractivity contribution in [2.45, 2.75) is 31.2 Å². The van der Waals surface area contributed by atoms with Crippen molar-refractivity contribution in [3.63, 3.8) is 0 Å². The summed E-state index contributed by atoms with van der Waals surface area (Å²) in [5.41, 5.74) is 5.27. The van der Waals surface area contributed by atoms with Crippen molar-refractivity contribution in [3.8, 4) is 0 Å². The zero-order valence-electron chi connectivity index (χ0n) is 15.9. The molecule has 2 aromatic carbocycles. The van der Waals surface area contributed by atoms with Crippen molar-refractivity contribution in [1.29, 1.82) is 0 Å². The first-order chi connectivity index (χ1) is 13.8. The van der Waals surface area contributed by atoms with E-state index in [0.29, 0.717) is 6.42 Å². The lowest BCUT2D eigenvalue weighted by molar-refractivity contribution is -0.156. The Morgan fingerprint density at radius 3 is 2.54 bits per heavy atom. The van der Waals surface area contributed by atoms with Crippen LogP contribution in [-0.4, -0.2) is 30.0 Å². The normalized spacial score (nSPS) is 26.1. The Labute approximate surface area is 165 Å². The van der Waals surface area contributed by atoms with E-state index in [9.17, 15) is 4.79 Å². The van der Waals surface area contributed by atoms with E-state index in [1.165, 1.54) is 0 Å². The zero-order chi connectivity index (χ0) is 19.4. The number of aliphatic hydroxyl groups is 1. The number of hydrogen-bond acceptors (Lipinski definition) is 5. The fourth-order valence-corrected chi connectivity index (χ4v) is 4.65. The number of nitrogens with one attached hydrogen (secondary N) is 1. The number of hydrogen-bond donors (Lipinski definition) is 2. The van der Waals surface area contributed by atoms with Crippen LogP contribution in [0.1, 0.15) is 36.8 Å². The maximum atomic E-state index is 13.3. The molecule has 4 rings (SSSR count). The summed E-state index contributed by atoms with van der Waals surface area (Å²) in [7, 11) is 0. The number of fused-ring (bicyclic) bond motifs is 1. The van der Waals surface area contributed by atoms with Crippen LogP contribution >= 0.6 is 0 Å². The summed E-state index contributed by atoms with van der Waals surface area (Å²) in [6.07, 6.45) is 3.44. The van der Waals surface area contributed by atoms with Crippen LogP contribution in [0.3, 0.4) is 0 Å². The maximum Gasteiger partial charge on any atom is 0.338 e. The summed E-state index contributed by atoms with van der Waals surface area (Å²) in [5.74, 6) is -0.0293. The Morgan fingerprint density at radius 1 is 1.11 bits per heavy atom. The number of benzene rings is 2. The van der Waals surface area contributed by atoms with E-state index >= 15 is 0 Å². The fourth-order valence-electron chi connectivity index (χ4n) is 4.65. The fraction of sp³-hybridized carbons (Fsp3) is 0.391. The molecule has 0 amide bonds. The second-order valence-corrected chi connectivity index (χ2v) is 7.51. The van der Waals surface area contributed by atoms with Gasteiger partial charge in [-0.15, -0.1) is 0 Å². The number of nitrogens with zero attached hydrogens (tertiary/aromatic N) is 1. The van der Waals surface area contributed by atoms with Gasteiger partial charge in [0.05, 0.1) is 12.3 Å². The van der Waals surface area contributed by atoms with Crippen molar-refractivity contribution < 1.29 is 14.6 Å². The number of carbonyl (C=O) groups excluding carboxylic acids is 1. The molecule has 2 aromatic rings. The molecule has 1 saturated carbocycles. The Bertz CT molecular complexity index is 837. The van der Waals surface area contributed by atoms with Crippen LogP contribution in [0, 0.1) is 11.8 Å². The summed E-state index contributed by atoms with van der Waals surface area (Å²) in [6, 6.07) is 20.0. The van der Waals surface area contributed by atoms with Crippen LogP contribution in [0.5, 0.6) is 0 Å². The SMILES string of the molecule is O=C(OCCCO)[C@]1(c2ccccc2)NN=C(c2ccccc2)[C@H]2CCC[C@H]21. The number of aliphatic hydroxyl groups excluding tert-OH is 1. The lowest BCUT2D eigenvalue weighted by Gasteiger charge is -2.43. The molecule has 1 aliphatic heterocycles. The van der Waals surface area contributed by atoms with Gasteiger partial charge < -0.3 is 9.84 Å². The molecule has 5 heteroatoms. The van der Waals surface area contributed by atoms with Crippen molar-refractivity contribution in [2.75, 3.05) is 13.2 Å². The molecule has 0 saturated heterocycles. The molecular formula is C23H26N2O3. The minimum atomic E-state index is -0.990. The van der Waals surface area contributed by atoms with Crippen LogP contribution in [0.25, 0.3) is 0 Å². The Kier molecular flexibility index (Phi) is 5.44. The van der Waals surface area contributed by atoms with Crippen LogP contribution in [-0.2, 0) is 15.1 Å². The van der Waals surface area contributed by atoms with Gasteiger partial charge in [-0.3, -0.25) is 5.43 Å². The highest BCUT2D eigenvalue weighted by molar-refractivity contribution is 6.04. The van der Waals surface area contributed by atoms with Gasteiger partial charge in [-0.1, -0.05) is 67.1 Å². The molecule has 1 aliphatic carbocycles. The molecule has 2 aliphatic rings. The topological polar surface area (TPSA) is 70.9 Å². The summed E-state index contributed by atoms with van der Waals surface area (Å²) >= 11 is 0. The van der Waals surface area contributed by atoms with E-state index in [1.54, 1.807) is 0 Å². The summed E-state index contributed by atoms with van der Waals surface area (Å²) in [4.78, 5) is 13.3. The van der Waals surface area contributed by atoms with Gasteiger partial charge in [0.1, 0.15) is 0 Å². The molecule has 0 bridgehead atoms. The number of carbonyl (C=O) groups is 1. The highest BCUT2D eigenvalue weighted by atomic mass is 16.5. The monoisotopic (exact) mass is 378 g/mol. The molecule has 3 atom stereocenters. The zero-order valence-corrected chi connectivity index (χ0v) is 15.9. The quantitative estimate of drug-likeness (QED) is 0.598. The van der Waals surface area contributed by atoms with Gasteiger partial charge in [0.2, 0.25) is 0 Å². The number of rotatable bonds is 6. The predicted octanol–water partition coefficient (Wildman–Crippen LogP) is 3.23. The van der Waals surface area contributed by atoms with Crippen LogP contribution < -0.4 is 5.43 Å². The van der Waals surface area contributed by atoms with E-state index in [1.807, 2.05) is 48.5 Å². The molecule has 0 unspecified atom stereocenters. The van der Waals surface area contributed by atoms with Gasteiger partial charge >= 0.3 is 5.97 Å². The van der Waals surface area contributed by atoms with Crippen LogP contribution in [0.2, 0.25) is 0 Å². The van der Waals surface area contributed by atoms with E-state index in [0.717, 1.165) is 36.1 Å². The van der Waals surface area contributed by atoms with Crippen molar-refractivity contribution in [3.05, 3.63) is 71.8 Å². The third-order valence-electron chi connectivity index (χ3n) is 5.93. The van der Waals surface area contributed by atoms with Crippen LogP contribution in [0.4, 0.5) is 0 Å². The highest BCUT2D eigenvalue weighted by Gasteiger charge is 2.56. The molecule has 2 N–H and O–H groups in total. The first-order valence-corrected chi connectivity index (χ1v) is 10.0. The smallest absolute Gasteiger partial charge is 0.338 e. The molecule has 5 nitrogen and oxygen atoms in total. The molecule has 1 fully saturated rings. The summed E-state index contributed by atoms with van der Waals surface area (Å²) < 4.78 is 5.60. The van der Waals surface area contributed by atoms with Gasteiger partial charge in [0.15, 0.2) is 5.54 Å². The first-order valence-electron chi connectivity index (χ1n) is 10.0. The Hall–Kier alpha value is -2.66. The molecule has 0 spiro atoms. The molecular weight excluding hydrogens is 352 g/mol. The van der Waals surface area contributed by atoms with Gasteiger partial charge in [-0.2, -0.15) is 5.10 Å². The number of ether oxygens (including phenoxy) is 1. The standard InChI is InChI=1S/C23H26N2O3/c26-15-8-16-28-22(27)23(18-11-5-2-6-12-18)20-14-7-13-19(20)21(24-25-23)17-9-3-1-4-10-17/h1-6,9-12,19-20,25-26H,7-8,13-16H2/t19-,20+,23+/m0/s1. The first kappa shape index (κ1) is 18.7. The summed E-state index contributed by atoms with van der Waals surface area (Å²) in [6.45, 7) is 0.208. The predicted molar refractivity (Wildman–Crippen MR) is 108 cm³/mol. The highest BCUT2D eigenvalue weighted by Crippen LogP contribution is 2.48. The molecule has 0 radical (unpaired) electrons. The van der Waals surface area contributed by atoms with E-state index < -0.39 is 5.54 Å². The van der Waals surface area contributed by atoms with Gasteiger partial charge in [0, 0.05) is 24.9 Å². The lowest BCUT2D eigenvalue weighted by Crippen LogP contribution is -2.58. The van der Waals surface area contributed by atoms with E-state index in [2.05, 4.69) is 17.6 Å². The molecule has 146 valence electrons. The third-order valence-corrected chi connectivity index (χ3v) is 5.93. The third kappa shape index (κ3) is 3.20. The van der Waals surface area contributed by atoms with Gasteiger partial charge in [-0.25, -0.2) is 4.79 Å². The van der Waals surface area contributed by atoms with E-state index in [-0.39, 0.29) is 31.0 Å². The minimum absolute atomic E-state index is 0.00140. The van der Waals surface area contributed by atoms with Crippen molar-refractivity contribution >= 4 is 11.7 Å². The van der Waals surface area contributed by atoms with E-state index in [4.69, 9.17) is 14.9 Å². The van der Waals surface area contributed by atoms with Gasteiger partial charge in [0.25, 0.3) is 0 Å². The second-order valence-electron chi connectivity index (χ2n) is 7.51. The lowest BCUT2D eigenvalue weighted by atomic mass is 9.70. The average Bonchev–Trinajstić information content (AvgIpc) is 3.25. The number of esters is 1. The molecule has 28 heavy (non-hydrogen) atoms. The minimum Gasteiger partial charge on any atom is -0.464 e. The van der Waals surface area contributed by atoms with Crippen molar-refractivity contribution in [1.82, 2.24) is 5.43 Å². The van der Waals surface area contributed by atoms with Crippen LogP contribution in [0.15, 0.2) is 65.8 Å². The Morgan fingerprint density at radius 2 is 1.82 bits per heavy atom. The maximum absolute atomic E-state index is 13.3. The van der Waals surface area contributed by atoms with Crippen molar-refractivity contribution in [2.24, 2.45) is 16.9 Å². The summed E-state index contributed by atoms with van der Waals surface area (Å²) in [5, 5.41) is 13.8. The van der Waals surface area contributed by atoms with Gasteiger partial charge in [-0.05, 0) is 24.0 Å². The largest absolute Gasteiger partial charge is 0.464 e. The number of hydrazone groups is 1. The molecule has 1 heterocycles. The Balaban J connectivity index is 1.76.